The van der Waals surface area contributed by atoms with E-state index < -0.39 is 0 Å². The van der Waals surface area contributed by atoms with Crippen LogP contribution in [0.5, 0.6) is 0 Å². The summed E-state index contributed by atoms with van der Waals surface area (Å²) in [5.41, 5.74) is 2.13. The molecule has 1 aromatic heterocycles. The Kier molecular flexibility index (Phi) is 4.73. The molecule has 0 atom stereocenters. The molecule has 1 amide bonds. The lowest BCUT2D eigenvalue weighted by molar-refractivity contribution is 0.0717. The van der Waals surface area contributed by atoms with Crippen molar-refractivity contribution in [3.05, 3.63) is 95.4 Å². The maximum absolute atomic E-state index is 12.9. The number of hydrogen-bond acceptors (Lipinski definition) is 3. The first-order valence-electron chi connectivity index (χ1n) is 7.62. The second kappa shape index (κ2) is 7.30. The van der Waals surface area contributed by atoms with Gasteiger partial charge in [0.1, 0.15) is 5.76 Å². The van der Waals surface area contributed by atoms with Crippen molar-refractivity contribution >= 4 is 5.91 Å². The third-order valence-electron chi connectivity index (χ3n) is 3.69. The summed E-state index contributed by atoms with van der Waals surface area (Å²) >= 11 is 0. The van der Waals surface area contributed by atoms with Gasteiger partial charge in [-0.1, -0.05) is 30.3 Å². The van der Waals surface area contributed by atoms with Gasteiger partial charge in [-0.05, 0) is 42.0 Å². The first kappa shape index (κ1) is 15.6. The Morgan fingerprint density at radius 1 is 0.958 bits per heavy atom. The molecule has 0 saturated carbocycles. The van der Waals surface area contributed by atoms with Crippen LogP contribution in [-0.2, 0) is 13.1 Å². The van der Waals surface area contributed by atoms with Crippen LogP contribution < -0.4 is 0 Å². The van der Waals surface area contributed by atoms with Crippen molar-refractivity contribution in [2.24, 2.45) is 0 Å². The Labute approximate surface area is 140 Å². The van der Waals surface area contributed by atoms with Crippen molar-refractivity contribution in [2.45, 2.75) is 13.1 Å². The smallest absolute Gasteiger partial charge is 0.254 e. The van der Waals surface area contributed by atoms with Gasteiger partial charge in [-0.25, -0.2) is 0 Å². The molecule has 0 radical (unpaired) electrons. The van der Waals surface area contributed by atoms with Crippen LogP contribution in [-0.4, -0.2) is 10.8 Å². The van der Waals surface area contributed by atoms with Crippen LogP contribution in [0.1, 0.15) is 27.2 Å². The second-order valence-electron chi connectivity index (χ2n) is 5.42. The van der Waals surface area contributed by atoms with Crippen molar-refractivity contribution in [1.29, 1.82) is 5.26 Å². The number of nitrogens with zero attached hydrogens (tertiary/aromatic N) is 2. The van der Waals surface area contributed by atoms with Gasteiger partial charge in [0.15, 0.2) is 0 Å². The van der Waals surface area contributed by atoms with Crippen LogP contribution in [0.4, 0.5) is 0 Å². The van der Waals surface area contributed by atoms with Gasteiger partial charge in [-0.15, -0.1) is 0 Å². The van der Waals surface area contributed by atoms with Crippen molar-refractivity contribution in [3.8, 4) is 6.07 Å². The number of benzene rings is 2. The fourth-order valence-corrected chi connectivity index (χ4v) is 2.46. The first-order valence-corrected chi connectivity index (χ1v) is 7.62. The molecule has 0 aliphatic rings. The SMILES string of the molecule is N#Cc1ccc(C(=O)N(Cc2ccccc2)Cc2ccco2)cc1. The summed E-state index contributed by atoms with van der Waals surface area (Å²) in [6, 6.07) is 22.2. The summed E-state index contributed by atoms with van der Waals surface area (Å²) in [5, 5.41) is 8.88. The third kappa shape index (κ3) is 3.71. The van der Waals surface area contributed by atoms with Crippen LogP contribution in [0.15, 0.2) is 77.4 Å². The molecule has 2 aromatic carbocycles. The van der Waals surface area contributed by atoms with E-state index in [4.69, 9.17) is 9.68 Å². The quantitative estimate of drug-likeness (QED) is 0.715. The van der Waals surface area contributed by atoms with E-state index in [0.29, 0.717) is 24.2 Å². The minimum absolute atomic E-state index is 0.0975. The van der Waals surface area contributed by atoms with Gasteiger partial charge in [-0.2, -0.15) is 5.26 Å². The number of carbonyl (C=O) groups excluding carboxylic acids is 1. The fourth-order valence-electron chi connectivity index (χ4n) is 2.46. The van der Waals surface area contributed by atoms with E-state index in [1.165, 1.54) is 0 Å². The van der Waals surface area contributed by atoms with Crippen LogP contribution in [0.3, 0.4) is 0 Å². The number of furan rings is 1. The predicted octanol–water partition coefficient (Wildman–Crippen LogP) is 3.99. The molecule has 118 valence electrons. The van der Waals surface area contributed by atoms with E-state index in [-0.39, 0.29) is 5.91 Å². The van der Waals surface area contributed by atoms with Gasteiger partial charge >= 0.3 is 0 Å². The second-order valence-corrected chi connectivity index (χ2v) is 5.42. The lowest BCUT2D eigenvalue weighted by Crippen LogP contribution is -2.30. The lowest BCUT2D eigenvalue weighted by Gasteiger charge is -2.22. The zero-order valence-electron chi connectivity index (χ0n) is 13.1. The molecule has 0 aliphatic heterocycles. The molecule has 4 nitrogen and oxygen atoms in total. The number of carbonyl (C=O) groups is 1. The molecule has 24 heavy (non-hydrogen) atoms. The molecule has 0 bridgehead atoms. The Bertz CT molecular complexity index is 832. The fraction of sp³-hybridized carbons (Fsp3) is 0.100. The van der Waals surface area contributed by atoms with Crippen LogP contribution in [0.2, 0.25) is 0 Å². The standard InChI is InChI=1S/C20H16N2O2/c21-13-16-8-10-18(11-9-16)20(23)22(15-19-7-4-12-24-19)14-17-5-2-1-3-6-17/h1-12H,14-15H2. The van der Waals surface area contributed by atoms with Gasteiger partial charge < -0.3 is 9.32 Å². The molecule has 0 saturated heterocycles. The van der Waals surface area contributed by atoms with Crippen LogP contribution in [0, 0.1) is 11.3 Å². The van der Waals surface area contributed by atoms with E-state index in [0.717, 1.165) is 11.3 Å². The van der Waals surface area contributed by atoms with E-state index >= 15 is 0 Å². The molecule has 4 heteroatoms. The Hall–Kier alpha value is -3.32. The summed E-state index contributed by atoms with van der Waals surface area (Å²) in [6.07, 6.45) is 1.60. The highest BCUT2D eigenvalue weighted by molar-refractivity contribution is 5.94. The molecule has 0 unspecified atom stereocenters. The highest BCUT2D eigenvalue weighted by Crippen LogP contribution is 2.15. The number of hydrogen-bond donors (Lipinski definition) is 0. The average Bonchev–Trinajstić information content (AvgIpc) is 3.15. The maximum Gasteiger partial charge on any atom is 0.254 e. The Morgan fingerprint density at radius 2 is 1.71 bits per heavy atom. The van der Waals surface area contributed by atoms with Crippen molar-refractivity contribution in [1.82, 2.24) is 4.90 Å². The summed E-state index contributed by atoms with van der Waals surface area (Å²) in [5.74, 6) is 0.632. The van der Waals surface area contributed by atoms with Crippen molar-refractivity contribution in [3.63, 3.8) is 0 Å². The van der Waals surface area contributed by atoms with E-state index in [2.05, 4.69) is 6.07 Å². The molecule has 0 aliphatic carbocycles. The van der Waals surface area contributed by atoms with E-state index in [1.807, 2.05) is 42.5 Å². The summed E-state index contributed by atoms with van der Waals surface area (Å²) in [4.78, 5) is 14.6. The highest BCUT2D eigenvalue weighted by Gasteiger charge is 2.17. The number of rotatable bonds is 5. The van der Waals surface area contributed by atoms with Gasteiger partial charge in [0.2, 0.25) is 0 Å². The largest absolute Gasteiger partial charge is 0.467 e. The molecule has 1 heterocycles. The Balaban J connectivity index is 1.84. The number of amides is 1. The zero-order chi connectivity index (χ0) is 16.8. The average molecular weight is 316 g/mol. The number of nitriles is 1. The summed E-state index contributed by atoms with van der Waals surface area (Å²) in [7, 11) is 0. The normalized spacial score (nSPS) is 10.1. The molecule has 0 N–H and O–H groups in total. The molecule has 0 fully saturated rings. The lowest BCUT2D eigenvalue weighted by atomic mass is 10.1. The predicted molar refractivity (Wildman–Crippen MR) is 89.9 cm³/mol. The third-order valence-corrected chi connectivity index (χ3v) is 3.69. The topological polar surface area (TPSA) is 57.2 Å². The molecule has 3 rings (SSSR count). The highest BCUT2D eigenvalue weighted by atomic mass is 16.3. The van der Waals surface area contributed by atoms with Crippen LogP contribution >= 0.6 is 0 Å². The maximum atomic E-state index is 12.9. The van der Waals surface area contributed by atoms with Gasteiger partial charge in [0.05, 0.1) is 24.4 Å². The molecule has 3 aromatic rings. The zero-order valence-corrected chi connectivity index (χ0v) is 13.1. The minimum Gasteiger partial charge on any atom is -0.467 e. The van der Waals surface area contributed by atoms with Crippen LogP contribution in [0.25, 0.3) is 0 Å². The van der Waals surface area contributed by atoms with Crippen molar-refractivity contribution < 1.29 is 9.21 Å². The first-order chi connectivity index (χ1) is 11.8. The van der Waals surface area contributed by atoms with E-state index in [1.54, 1.807) is 35.4 Å². The Morgan fingerprint density at radius 3 is 2.33 bits per heavy atom. The molecular weight excluding hydrogens is 300 g/mol. The van der Waals surface area contributed by atoms with Gasteiger partial charge in [-0.3, -0.25) is 4.79 Å². The van der Waals surface area contributed by atoms with Crippen molar-refractivity contribution in [2.75, 3.05) is 0 Å². The minimum atomic E-state index is -0.0975. The summed E-state index contributed by atoms with van der Waals surface area (Å²) < 4.78 is 5.39. The molecule has 0 spiro atoms. The monoisotopic (exact) mass is 316 g/mol. The molecular formula is C20H16N2O2. The van der Waals surface area contributed by atoms with Gasteiger partial charge in [0.25, 0.3) is 5.91 Å². The van der Waals surface area contributed by atoms with E-state index in [9.17, 15) is 4.79 Å². The summed E-state index contributed by atoms with van der Waals surface area (Å²) in [6.45, 7) is 0.876. The van der Waals surface area contributed by atoms with Gasteiger partial charge in [0, 0.05) is 12.1 Å².